The lowest BCUT2D eigenvalue weighted by Crippen LogP contribution is -2.14. The molecule has 0 saturated carbocycles. The lowest BCUT2D eigenvalue weighted by atomic mass is 11.0. The minimum atomic E-state index is 1.22. The van der Waals surface area contributed by atoms with Crippen LogP contribution in [0.2, 0.25) is 0 Å². The van der Waals surface area contributed by atoms with Crippen LogP contribution < -0.4 is 0 Å². The normalized spacial score (nSPS) is 25.1. The number of rotatable bonds is 0. The smallest absolute Gasteiger partial charge is 0.0449 e. The molecule has 0 aliphatic carbocycles. The first-order chi connectivity index (χ1) is 3.89. The molecule has 0 N–H and O–H groups in total. The monoisotopic (exact) mass is 149 g/mol. The van der Waals surface area contributed by atoms with Gasteiger partial charge in [0.1, 0.15) is 0 Å². The van der Waals surface area contributed by atoms with Gasteiger partial charge >= 0.3 is 0 Å². The van der Waals surface area contributed by atoms with Crippen LogP contribution in [0.15, 0.2) is 0 Å². The summed E-state index contributed by atoms with van der Waals surface area (Å²) in [5, 5.41) is 0. The maximum Gasteiger partial charge on any atom is 0.0449 e. The first kappa shape index (κ1) is 6.78. The van der Waals surface area contributed by atoms with Crippen LogP contribution in [0, 0.1) is 0 Å². The van der Waals surface area contributed by atoms with Crippen molar-refractivity contribution >= 4 is 23.5 Å². The second kappa shape index (κ2) is 3.64. The van der Waals surface area contributed by atoms with E-state index in [1.165, 1.54) is 23.3 Å². The Balaban J connectivity index is 2.17. The molecule has 1 rings (SSSR count). The summed E-state index contributed by atoms with van der Waals surface area (Å²) >= 11 is 4.06. The standard InChI is InChI=1S/C5H11NS2/c1-6-4-7-2-3-8-5-6/h2-5H2,1H3. The zero-order valence-corrected chi connectivity index (χ0v) is 6.73. The Labute approximate surface area is 59.2 Å². The van der Waals surface area contributed by atoms with Gasteiger partial charge in [0.15, 0.2) is 0 Å². The van der Waals surface area contributed by atoms with Crippen molar-refractivity contribution in [3.05, 3.63) is 0 Å². The highest BCUT2D eigenvalue weighted by atomic mass is 32.2. The molecule has 1 aliphatic heterocycles. The van der Waals surface area contributed by atoms with Gasteiger partial charge in [-0.2, -0.15) is 0 Å². The van der Waals surface area contributed by atoms with Gasteiger partial charge in [-0.05, 0) is 7.05 Å². The Hall–Kier alpha value is 0.660. The van der Waals surface area contributed by atoms with E-state index in [0.717, 1.165) is 0 Å². The van der Waals surface area contributed by atoms with Gasteiger partial charge in [-0.1, -0.05) is 0 Å². The summed E-state index contributed by atoms with van der Waals surface area (Å²) in [6.45, 7) is 0. The van der Waals surface area contributed by atoms with E-state index in [2.05, 4.69) is 11.9 Å². The molecular formula is C5H11NS2. The minimum absolute atomic E-state index is 1.22. The molecule has 1 heterocycles. The van der Waals surface area contributed by atoms with Crippen molar-refractivity contribution in [2.45, 2.75) is 0 Å². The Morgan fingerprint density at radius 3 is 2.12 bits per heavy atom. The molecule has 0 radical (unpaired) electrons. The summed E-state index contributed by atoms with van der Waals surface area (Å²) in [4.78, 5) is 2.35. The fourth-order valence-electron chi connectivity index (χ4n) is 0.596. The SMILES string of the molecule is CN1CSCCSC1. The molecule has 8 heavy (non-hydrogen) atoms. The molecule has 0 atom stereocenters. The maximum absolute atomic E-state index is 2.35. The third-order valence-electron chi connectivity index (χ3n) is 0.995. The molecule has 0 aromatic rings. The molecule has 1 aliphatic rings. The van der Waals surface area contributed by atoms with Crippen molar-refractivity contribution in [1.82, 2.24) is 4.90 Å². The van der Waals surface area contributed by atoms with Crippen molar-refractivity contribution in [2.75, 3.05) is 30.3 Å². The quantitative estimate of drug-likeness (QED) is 0.511. The second-order valence-corrected chi connectivity index (χ2v) is 4.08. The summed E-state index contributed by atoms with van der Waals surface area (Å²) in [6.07, 6.45) is 0. The lowest BCUT2D eigenvalue weighted by molar-refractivity contribution is 0.468. The zero-order chi connectivity index (χ0) is 5.82. The third kappa shape index (κ3) is 2.29. The fraction of sp³-hybridized carbons (Fsp3) is 1.00. The average Bonchev–Trinajstić information content (AvgIpc) is 1.94. The molecule has 0 spiro atoms. The Morgan fingerprint density at radius 1 is 1.12 bits per heavy atom. The Kier molecular flexibility index (Phi) is 3.08. The number of thioether (sulfide) groups is 2. The maximum atomic E-state index is 2.35. The van der Waals surface area contributed by atoms with Gasteiger partial charge < -0.3 is 0 Å². The highest BCUT2D eigenvalue weighted by Gasteiger charge is 2.02. The van der Waals surface area contributed by atoms with Gasteiger partial charge in [0.25, 0.3) is 0 Å². The van der Waals surface area contributed by atoms with Crippen LogP contribution in [0.1, 0.15) is 0 Å². The summed E-state index contributed by atoms with van der Waals surface area (Å²) in [5.74, 6) is 5.09. The Bertz CT molecular complexity index is 59.4. The lowest BCUT2D eigenvalue weighted by Gasteiger charge is -2.09. The van der Waals surface area contributed by atoms with Crippen molar-refractivity contribution < 1.29 is 0 Å². The predicted octanol–water partition coefficient (Wildman–Crippen LogP) is 1.31. The third-order valence-corrected chi connectivity index (χ3v) is 3.49. The van der Waals surface area contributed by atoms with Crippen LogP contribution in [0.3, 0.4) is 0 Å². The summed E-state index contributed by atoms with van der Waals surface area (Å²) in [6, 6.07) is 0. The van der Waals surface area contributed by atoms with Crippen LogP contribution in [-0.2, 0) is 0 Å². The molecule has 1 nitrogen and oxygen atoms in total. The average molecular weight is 149 g/mol. The van der Waals surface area contributed by atoms with Gasteiger partial charge in [-0.15, -0.1) is 23.5 Å². The van der Waals surface area contributed by atoms with Crippen molar-refractivity contribution in [2.24, 2.45) is 0 Å². The van der Waals surface area contributed by atoms with Crippen LogP contribution in [0.5, 0.6) is 0 Å². The van der Waals surface area contributed by atoms with Crippen molar-refractivity contribution in [3.8, 4) is 0 Å². The van der Waals surface area contributed by atoms with Gasteiger partial charge in [0.05, 0.1) is 0 Å². The van der Waals surface area contributed by atoms with Gasteiger partial charge in [-0.25, -0.2) is 0 Å². The van der Waals surface area contributed by atoms with E-state index >= 15 is 0 Å². The molecule has 0 amide bonds. The Morgan fingerprint density at radius 2 is 1.62 bits per heavy atom. The minimum Gasteiger partial charge on any atom is -0.288 e. The molecule has 0 aromatic carbocycles. The topological polar surface area (TPSA) is 3.24 Å². The molecule has 1 saturated heterocycles. The van der Waals surface area contributed by atoms with Crippen LogP contribution in [0.4, 0.5) is 0 Å². The highest BCUT2D eigenvalue weighted by Crippen LogP contribution is 2.14. The molecule has 0 aromatic heterocycles. The molecule has 3 heteroatoms. The van der Waals surface area contributed by atoms with Gasteiger partial charge in [0, 0.05) is 23.3 Å². The van der Waals surface area contributed by atoms with Crippen LogP contribution >= 0.6 is 23.5 Å². The second-order valence-electron chi connectivity index (χ2n) is 1.93. The molecule has 48 valence electrons. The number of hydrogen-bond acceptors (Lipinski definition) is 3. The largest absolute Gasteiger partial charge is 0.288 e. The van der Waals surface area contributed by atoms with E-state index in [-0.39, 0.29) is 0 Å². The summed E-state index contributed by atoms with van der Waals surface area (Å²) < 4.78 is 0. The molecule has 0 unspecified atom stereocenters. The zero-order valence-electron chi connectivity index (χ0n) is 5.09. The van der Waals surface area contributed by atoms with E-state index < -0.39 is 0 Å². The van der Waals surface area contributed by atoms with E-state index in [1.54, 1.807) is 0 Å². The van der Waals surface area contributed by atoms with E-state index in [9.17, 15) is 0 Å². The first-order valence-corrected chi connectivity index (χ1v) is 5.04. The molecular weight excluding hydrogens is 138 g/mol. The number of hydrogen-bond donors (Lipinski definition) is 0. The van der Waals surface area contributed by atoms with Crippen LogP contribution in [0.25, 0.3) is 0 Å². The summed E-state index contributed by atoms with van der Waals surface area (Å²) in [5.41, 5.74) is 0. The molecule has 1 fully saturated rings. The van der Waals surface area contributed by atoms with Crippen molar-refractivity contribution in [1.29, 1.82) is 0 Å². The van der Waals surface area contributed by atoms with E-state index in [4.69, 9.17) is 0 Å². The van der Waals surface area contributed by atoms with E-state index in [0.29, 0.717) is 0 Å². The number of nitrogens with zero attached hydrogens (tertiary/aromatic N) is 1. The van der Waals surface area contributed by atoms with Crippen LogP contribution in [-0.4, -0.2) is 35.2 Å². The first-order valence-electron chi connectivity index (χ1n) is 2.73. The van der Waals surface area contributed by atoms with Crippen molar-refractivity contribution in [3.63, 3.8) is 0 Å². The van der Waals surface area contributed by atoms with Gasteiger partial charge in [0.2, 0.25) is 0 Å². The fourth-order valence-corrected chi connectivity index (χ4v) is 2.72. The predicted molar refractivity (Wildman–Crippen MR) is 42.4 cm³/mol. The van der Waals surface area contributed by atoms with Gasteiger partial charge in [-0.3, -0.25) is 4.90 Å². The highest BCUT2D eigenvalue weighted by molar-refractivity contribution is 8.03. The summed E-state index contributed by atoms with van der Waals surface area (Å²) in [7, 11) is 2.17. The molecule has 0 bridgehead atoms. The van der Waals surface area contributed by atoms with E-state index in [1.807, 2.05) is 23.5 Å².